The minimum atomic E-state index is -0.414. The molecule has 1 heterocycles. The summed E-state index contributed by atoms with van der Waals surface area (Å²) in [6, 6.07) is 0.0277. The lowest BCUT2D eigenvalue weighted by Crippen LogP contribution is -2.29. The molecule has 2 amide bonds. The highest BCUT2D eigenvalue weighted by Gasteiger charge is 2.18. The number of unbranched alkanes of at least 4 members (excludes halogenated alkanes) is 1. The molecule has 1 saturated heterocycles. The van der Waals surface area contributed by atoms with Crippen molar-refractivity contribution in [1.82, 2.24) is 10.2 Å². The topological polar surface area (TPSA) is 61.8 Å². The van der Waals surface area contributed by atoms with Crippen molar-refractivity contribution in [3.05, 3.63) is 12.7 Å². The van der Waals surface area contributed by atoms with E-state index in [2.05, 4.69) is 11.9 Å². The zero-order valence-electron chi connectivity index (χ0n) is 10.2. The van der Waals surface area contributed by atoms with Crippen LogP contribution in [0.4, 0.5) is 4.79 Å². The first-order valence-electron chi connectivity index (χ1n) is 6.13. The Balaban J connectivity index is 1.96. The number of nitrogens with zero attached hydrogens (tertiary/aromatic N) is 1. The summed E-state index contributed by atoms with van der Waals surface area (Å²) in [7, 11) is 0. The predicted molar refractivity (Wildman–Crippen MR) is 65.8 cm³/mol. The van der Waals surface area contributed by atoms with Gasteiger partial charge in [0.05, 0.1) is 19.3 Å². The summed E-state index contributed by atoms with van der Waals surface area (Å²) in [6.45, 7) is 6.68. The molecule has 0 aromatic heterocycles. The van der Waals surface area contributed by atoms with Crippen LogP contribution in [0.5, 0.6) is 0 Å². The van der Waals surface area contributed by atoms with Gasteiger partial charge in [0.1, 0.15) is 0 Å². The molecule has 0 aliphatic carbocycles. The van der Waals surface area contributed by atoms with Gasteiger partial charge >= 0.3 is 6.03 Å². The highest BCUT2D eigenvalue weighted by Crippen LogP contribution is 2.05. The Labute approximate surface area is 102 Å². The van der Waals surface area contributed by atoms with E-state index in [9.17, 15) is 9.90 Å². The van der Waals surface area contributed by atoms with E-state index >= 15 is 0 Å². The highest BCUT2D eigenvalue weighted by atomic mass is 16.5. The Hall–Kier alpha value is -1.07. The zero-order valence-corrected chi connectivity index (χ0v) is 10.2. The number of ether oxygens (including phenoxy) is 1. The van der Waals surface area contributed by atoms with Gasteiger partial charge in [0.15, 0.2) is 0 Å². The number of aliphatic hydroxyl groups is 1. The smallest absolute Gasteiger partial charge is 0.317 e. The van der Waals surface area contributed by atoms with Crippen molar-refractivity contribution in [3.8, 4) is 0 Å². The Morgan fingerprint density at radius 3 is 3.06 bits per heavy atom. The minimum Gasteiger partial charge on any atom is -0.391 e. The zero-order chi connectivity index (χ0) is 12.5. The Morgan fingerprint density at radius 2 is 2.41 bits per heavy atom. The largest absolute Gasteiger partial charge is 0.391 e. The summed E-state index contributed by atoms with van der Waals surface area (Å²) in [5.74, 6) is 0. The monoisotopic (exact) mass is 242 g/mol. The summed E-state index contributed by atoms with van der Waals surface area (Å²) in [4.78, 5) is 13.0. The number of hydrogen-bond acceptors (Lipinski definition) is 3. The molecule has 1 unspecified atom stereocenters. The van der Waals surface area contributed by atoms with Crippen molar-refractivity contribution in [1.29, 1.82) is 0 Å². The molecule has 0 aromatic carbocycles. The van der Waals surface area contributed by atoms with Crippen LogP contribution in [0.25, 0.3) is 0 Å². The second-order valence-corrected chi connectivity index (χ2v) is 4.19. The molecule has 5 nitrogen and oxygen atoms in total. The molecule has 0 bridgehead atoms. The fourth-order valence-corrected chi connectivity index (χ4v) is 1.78. The standard InChI is InChI=1S/C12H22N2O3/c1-2-9-17-10-11(15)5-3-4-7-14-8-6-13-12(14)16/h2,11,15H,1,3-10H2,(H,13,16). The van der Waals surface area contributed by atoms with Crippen LogP contribution in [0.15, 0.2) is 12.7 Å². The Morgan fingerprint density at radius 1 is 1.59 bits per heavy atom. The highest BCUT2D eigenvalue weighted by molar-refractivity contribution is 5.76. The number of carbonyl (C=O) groups is 1. The average Bonchev–Trinajstić information content (AvgIpc) is 2.71. The summed E-state index contributed by atoms with van der Waals surface area (Å²) in [5.41, 5.74) is 0. The first-order chi connectivity index (χ1) is 8.24. The second-order valence-electron chi connectivity index (χ2n) is 4.19. The van der Waals surface area contributed by atoms with Gasteiger partial charge in [-0.2, -0.15) is 0 Å². The molecule has 17 heavy (non-hydrogen) atoms. The third kappa shape index (κ3) is 5.70. The van der Waals surface area contributed by atoms with Gasteiger partial charge in [0.25, 0.3) is 0 Å². The molecule has 0 aromatic rings. The molecule has 1 atom stereocenters. The van der Waals surface area contributed by atoms with Crippen LogP contribution in [-0.2, 0) is 4.74 Å². The average molecular weight is 242 g/mol. The van der Waals surface area contributed by atoms with E-state index in [4.69, 9.17) is 4.74 Å². The van der Waals surface area contributed by atoms with Crippen LogP contribution >= 0.6 is 0 Å². The van der Waals surface area contributed by atoms with Gasteiger partial charge in [-0.25, -0.2) is 4.79 Å². The number of hydrogen-bond donors (Lipinski definition) is 2. The summed E-state index contributed by atoms with van der Waals surface area (Å²) in [5, 5.41) is 12.3. The molecule has 0 radical (unpaired) electrons. The van der Waals surface area contributed by atoms with Gasteiger partial charge in [-0.05, 0) is 19.3 Å². The summed E-state index contributed by atoms with van der Waals surface area (Å²) in [6.07, 6.45) is 3.79. The van der Waals surface area contributed by atoms with Gasteiger partial charge in [-0.1, -0.05) is 6.08 Å². The summed E-state index contributed by atoms with van der Waals surface area (Å²) >= 11 is 0. The third-order valence-electron chi connectivity index (χ3n) is 2.71. The number of rotatable bonds is 9. The lowest BCUT2D eigenvalue weighted by Gasteiger charge is -2.14. The lowest BCUT2D eigenvalue weighted by atomic mass is 10.1. The minimum absolute atomic E-state index is 0.0277. The van der Waals surface area contributed by atoms with Crippen LogP contribution in [0.2, 0.25) is 0 Å². The van der Waals surface area contributed by atoms with Crippen LogP contribution < -0.4 is 5.32 Å². The fraction of sp³-hybridized carbons (Fsp3) is 0.750. The van der Waals surface area contributed by atoms with E-state index in [1.807, 2.05) is 0 Å². The first kappa shape index (κ1) is 14.0. The maximum atomic E-state index is 11.2. The van der Waals surface area contributed by atoms with E-state index in [0.29, 0.717) is 19.6 Å². The van der Waals surface area contributed by atoms with Gasteiger partial charge in [0, 0.05) is 19.6 Å². The first-order valence-corrected chi connectivity index (χ1v) is 6.13. The second kappa shape index (κ2) is 8.08. The van der Waals surface area contributed by atoms with Gasteiger partial charge in [-0.15, -0.1) is 6.58 Å². The van der Waals surface area contributed by atoms with Gasteiger partial charge in [-0.3, -0.25) is 0 Å². The quantitative estimate of drug-likeness (QED) is 0.463. The van der Waals surface area contributed by atoms with Crippen LogP contribution in [0.3, 0.4) is 0 Å². The van der Waals surface area contributed by atoms with Crippen LogP contribution in [-0.4, -0.2) is 55.0 Å². The Kier molecular flexibility index (Phi) is 6.65. The van der Waals surface area contributed by atoms with Crippen LogP contribution in [0, 0.1) is 0 Å². The Bertz CT molecular complexity index is 246. The third-order valence-corrected chi connectivity index (χ3v) is 2.71. The maximum absolute atomic E-state index is 11.2. The van der Waals surface area contributed by atoms with Gasteiger partial charge < -0.3 is 20.1 Å². The fourth-order valence-electron chi connectivity index (χ4n) is 1.78. The number of aliphatic hydroxyl groups excluding tert-OH is 1. The molecule has 2 N–H and O–H groups in total. The number of carbonyl (C=O) groups excluding carboxylic acids is 1. The SMILES string of the molecule is C=CCOCC(O)CCCCN1CCNC1=O. The van der Waals surface area contributed by atoms with Crippen molar-refractivity contribution >= 4 is 6.03 Å². The molecular weight excluding hydrogens is 220 g/mol. The van der Waals surface area contributed by atoms with Crippen molar-refractivity contribution in [3.63, 3.8) is 0 Å². The molecule has 1 fully saturated rings. The molecule has 0 saturated carbocycles. The predicted octanol–water partition coefficient (Wildman–Crippen LogP) is 0.745. The molecule has 98 valence electrons. The number of urea groups is 1. The van der Waals surface area contributed by atoms with Crippen LogP contribution in [0.1, 0.15) is 19.3 Å². The molecule has 1 aliphatic rings. The number of nitrogens with one attached hydrogen (secondary N) is 1. The van der Waals surface area contributed by atoms with Crippen molar-refractivity contribution in [2.75, 3.05) is 32.8 Å². The van der Waals surface area contributed by atoms with E-state index in [-0.39, 0.29) is 6.03 Å². The number of amides is 2. The van der Waals surface area contributed by atoms with Crippen molar-refractivity contribution < 1.29 is 14.6 Å². The normalized spacial score (nSPS) is 17.0. The van der Waals surface area contributed by atoms with Gasteiger partial charge in [0.2, 0.25) is 0 Å². The van der Waals surface area contributed by atoms with Crippen molar-refractivity contribution in [2.24, 2.45) is 0 Å². The van der Waals surface area contributed by atoms with E-state index < -0.39 is 6.10 Å². The van der Waals surface area contributed by atoms with Crippen molar-refractivity contribution in [2.45, 2.75) is 25.4 Å². The molecule has 1 rings (SSSR count). The molecule has 1 aliphatic heterocycles. The lowest BCUT2D eigenvalue weighted by molar-refractivity contribution is 0.0430. The van der Waals surface area contributed by atoms with E-state index in [1.54, 1.807) is 11.0 Å². The maximum Gasteiger partial charge on any atom is 0.317 e. The summed E-state index contributed by atoms with van der Waals surface area (Å²) < 4.78 is 5.15. The molecule has 5 heteroatoms. The van der Waals surface area contributed by atoms with E-state index in [0.717, 1.165) is 32.5 Å². The molecular formula is C12H22N2O3. The van der Waals surface area contributed by atoms with E-state index in [1.165, 1.54) is 0 Å². The molecule has 0 spiro atoms.